The molecular formula is C14H23N3S. The van der Waals surface area contributed by atoms with E-state index < -0.39 is 0 Å². The molecule has 1 aromatic heterocycles. The Morgan fingerprint density at radius 3 is 2.61 bits per heavy atom. The summed E-state index contributed by atoms with van der Waals surface area (Å²) >= 11 is 1.94. The molecule has 0 bridgehead atoms. The molecule has 0 unspecified atom stereocenters. The third kappa shape index (κ3) is 2.79. The fourth-order valence-electron chi connectivity index (χ4n) is 2.30. The molecule has 4 heteroatoms. The van der Waals surface area contributed by atoms with Gasteiger partial charge in [-0.15, -0.1) is 0 Å². The van der Waals surface area contributed by atoms with E-state index in [1.807, 2.05) is 11.8 Å². The molecule has 0 radical (unpaired) electrons. The molecule has 0 spiro atoms. The highest BCUT2D eigenvalue weighted by molar-refractivity contribution is 7.98. The molecule has 1 aliphatic rings. The third-order valence-corrected chi connectivity index (χ3v) is 4.46. The minimum Gasteiger partial charge on any atom is -0.370 e. The lowest BCUT2D eigenvalue weighted by atomic mass is 10.0. The summed E-state index contributed by atoms with van der Waals surface area (Å²) < 4.78 is 0. The molecule has 0 saturated heterocycles. The maximum Gasteiger partial charge on any atom is 0.134 e. The molecule has 0 saturated carbocycles. The van der Waals surface area contributed by atoms with Crippen LogP contribution in [0.4, 0.5) is 5.82 Å². The fraction of sp³-hybridized carbons (Fsp3) is 0.714. The van der Waals surface area contributed by atoms with Crippen molar-refractivity contribution in [2.24, 2.45) is 0 Å². The van der Waals surface area contributed by atoms with Gasteiger partial charge in [0.1, 0.15) is 11.6 Å². The molecule has 2 rings (SSSR count). The van der Waals surface area contributed by atoms with Gasteiger partial charge in [-0.05, 0) is 19.3 Å². The van der Waals surface area contributed by atoms with E-state index in [-0.39, 0.29) is 0 Å². The van der Waals surface area contributed by atoms with E-state index in [1.54, 1.807) is 0 Å². The van der Waals surface area contributed by atoms with Gasteiger partial charge in [0.2, 0.25) is 0 Å². The van der Waals surface area contributed by atoms with E-state index in [4.69, 9.17) is 9.97 Å². The second-order valence-corrected chi connectivity index (χ2v) is 5.77. The van der Waals surface area contributed by atoms with Crippen molar-refractivity contribution in [2.45, 2.75) is 57.5 Å². The van der Waals surface area contributed by atoms with Crippen molar-refractivity contribution >= 4 is 17.6 Å². The van der Waals surface area contributed by atoms with Gasteiger partial charge in [0.15, 0.2) is 0 Å². The summed E-state index contributed by atoms with van der Waals surface area (Å²) in [5, 5.41) is 3.47. The van der Waals surface area contributed by atoms with Gasteiger partial charge in [-0.3, -0.25) is 0 Å². The molecule has 1 aromatic rings. The highest BCUT2D eigenvalue weighted by Gasteiger charge is 2.21. The van der Waals surface area contributed by atoms with E-state index in [2.05, 4.69) is 26.1 Å². The second-order valence-electron chi connectivity index (χ2n) is 4.79. The minimum absolute atomic E-state index is 0.503. The molecule has 0 amide bonds. The molecule has 3 nitrogen and oxygen atoms in total. The lowest BCUT2D eigenvalue weighted by molar-refractivity contribution is 0.599. The van der Waals surface area contributed by atoms with Crippen LogP contribution in [0, 0.1) is 0 Å². The van der Waals surface area contributed by atoms with Crippen LogP contribution in [-0.4, -0.2) is 16.5 Å². The van der Waals surface area contributed by atoms with Crippen LogP contribution in [0.15, 0.2) is 0 Å². The Labute approximate surface area is 114 Å². The molecule has 0 atom stereocenters. The number of rotatable bonds is 6. The number of hydrogen-bond donors (Lipinski definition) is 1. The molecule has 100 valence electrons. The smallest absolute Gasteiger partial charge is 0.134 e. The van der Waals surface area contributed by atoms with Gasteiger partial charge in [-0.25, -0.2) is 9.97 Å². The lowest BCUT2D eigenvalue weighted by Crippen LogP contribution is -2.11. The summed E-state index contributed by atoms with van der Waals surface area (Å²) in [6, 6.07) is 0. The van der Waals surface area contributed by atoms with Crippen molar-refractivity contribution in [2.75, 3.05) is 11.9 Å². The fourth-order valence-corrected chi connectivity index (χ4v) is 3.34. The predicted molar refractivity (Wildman–Crippen MR) is 79.1 cm³/mol. The molecule has 18 heavy (non-hydrogen) atoms. The zero-order valence-electron chi connectivity index (χ0n) is 11.6. The van der Waals surface area contributed by atoms with Crippen LogP contribution in [0.3, 0.4) is 0 Å². The highest BCUT2D eigenvalue weighted by Crippen LogP contribution is 2.34. The van der Waals surface area contributed by atoms with Crippen molar-refractivity contribution in [3.05, 3.63) is 17.1 Å². The minimum atomic E-state index is 0.503. The van der Waals surface area contributed by atoms with Gasteiger partial charge in [-0.1, -0.05) is 20.8 Å². The van der Waals surface area contributed by atoms with Crippen molar-refractivity contribution in [3.8, 4) is 0 Å². The number of nitrogens with one attached hydrogen (secondary N) is 1. The molecule has 0 fully saturated rings. The largest absolute Gasteiger partial charge is 0.370 e. The standard InChI is InChI=1S/C14H23N3S/c1-4-7-15-14-11-8-18-9-12(11)16-13(17-14)10(5-2)6-3/h10H,4-9H2,1-3H3,(H,15,16,17). The molecule has 0 aliphatic carbocycles. The summed E-state index contributed by atoms with van der Waals surface area (Å²) in [6.07, 6.45) is 3.37. The normalized spacial score (nSPS) is 14.0. The van der Waals surface area contributed by atoms with Crippen LogP contribution in [0.25, 0.3) is 0 Å². The average Bonchev–Trinajstić information content (AvgIpc) is 2.85. The average molecular weight is 265 g/mol. The van der Waals surface area contributed by atoms with Gasteiger partial charge in [-0.2, -0.15) is 11.8 Å². The number of anilines is 1. The van der Waals surface area contributed by atoms with Crippen LogP contribution in [0.2, 0.25) is 0 Å². The molecule has 1 N–H and O–H groups in total. The first-order valence-electron chi connectivity index (χ1n) is 7.01. The number of thioether (sulfide) groups is 1. The molecule has 1 aliphatic heterocycles. The molecule has 2 heterocycles. The Bertz CT molecular complexity index is 402. The number of fused-ring (bicyclic) bond motifs is 1. The Morgan fingerprint density at radius 1 is 1.17 bits per heavy atom. The van der Waals surface area contributed by atoms with E-state index in [0.717, 1.165) is 49.0 Å². The lowest BCUT2D eigenvalue weighted by Gasteiger charge is -2.15. The van der Waals surface area contributed by atoms with Crippen LogP contribution >= 0.6 is 11.8 Å². The second kappa shape index (κ2) is 6.41. The first-order valence-corrected chi connectivity index (χ1v) is 8.16. The monoisotopic (exact) mass is 265 g/mol. The number of nitrogens with zero attached hydrogens (tertiary/aromatic N) is 2. The Balaban J connectivity index is 2.32. The maximum atomic E-state index is 4.79. The van der Waals surface area contributed by atoms with Crippen LogP contribution < -0.4 is 5.32 Å². The Morgan fingerprint density at radius 2 is 1.94 bits per heavy atom. The van der Waals surface area contributed by atoms with Gasteiger partial charge in [0, 0.05) is 29.5 Å². The van der Waals surface area contributed by atoms with Crippen molar-refractivity contribution < 1.29 is 0 Å². The van der Waals surface area contributed by atoms with Crippen molar-refractivity contribution in [3.63, 3.8) is 0 Å². The van der Waals surface area contributed by atoms with E-state index in [1.165, 1.54) is 11.3 Å². The first kappa shape index (κ1) is 13.7. The van der Waals surface area contributed by atoms with Gasteiger partial charge in [0.05, 0.1) is 5.69 Å². The molecular weight excluding hydrogens is 242 g/mol. The summed E-state index contributed by atoms with van der Waals surface area (Å²) in [4.78, 5) is 9.58. The zero-order valence-corrected chi connectivity index (χ0v) is 12.4. The van der Waals surface area contributed by atoms with E-state index >= 15 is 0 Å². The SMILES string of the molecule is CCCNc1nc(C(CC)CC)nc2c1CSC2. The Kier molecular flexibility index (Phi) is 4.87. The molecule has 0 aromatic carbocycles. The topological polar surface area (TPSA) is 37.8 Å². The maximum absolute atomic E-state index is 4.79. The predicted octanol–water partition coefficient (Wildman–Crippen LogP) is 3.95. The third-order valence-electron chi connectivity index (χ3n) is 3.49. The van der Waals surface area contributed by atoms with Gasteiger partial charge < -0.3 is 5.32 Å². The van der Waals surface area contributed by atoms with E-state index in [0.29, 0.717) is 5.92 Å². The van der Waals surface area contributed by atoms with Gasteiger partial charge in [0.25, 0.3) is 0 Å². The Hall–Kier alpha value is -0.770. The number of aromatic nitrogens is 2. The summed E-state index contributed by atoms with van der Waals surface area (Å²) in [5.41, 5.74) is 2.60. The van der Waals surface area contributed by atoms with Crippen LogP contribution in [0.5, 0.6) is 0 Å². The van der Waals surface area contributed by atoms with Crippen LogP contribution in [-0.2, 0) is 11.5 Å². The zero-order chi connectivity index (χ0) is 13.0. The summed E-state index contributed by atoms with van der Waals surface area (Å²) in [7, 11) is 0. The van der Waals surface area contributed by atoms with Crippen molar-refractivity contribution in [1.29, 1.82) is 0 Å². The summed E-state index contributed by atoms with van der Waals surface area (Å²) in [6.45, 7) is 7.62. The quantitative estimate of drug-likeness (QED) is 0.845. The van der Waals surface area contributed by atoms with E-state index in [9.17, 15) is 0 Å². The first-order chi connectivity index (χ1) is 8.80. The van der Waals surface area contributed by atoms with Crippen molar-refractivity contribution in [1.82, 2.24) is 9.97 Å². The highest BCUT2D eigenvalue weighted by atomic mass is 32.2. The number of hydrogen-bond acceptors (Lipinski definition) is 4. The van der Waals surface area contributed by atoms with Crippen LogP contribution in [0.1, 0.15) is 63.0 Å². The summed E-state index contributed by atoms with van der Waals surface area (Å²) in [5.74, 6) is 4.74. The van der Waals surface area contributed by atoms with Gasteiger partial charge >= 0.3 is 0 Å².